The fourth-order valence-electron chi connectivity index (χ4n) is 2.04. The molecule has 0 amide bonds. The van der Waals surface area contributed by atoms with E-state index in [1.54, 1.807) is 12.1 Å². The third-order valence-electron chi connectivity index (χ3n) is 2.99. The Morgan fingerprint density at radius 1 is 1.05 bits per heavy atom. The summed E-state index contributed by atoms with van der Waals surface area (Å²) in [4.78, 5) is 45.1. The minimum absolute atomic E-state index is 0.148. The van der Waals surface area contributed by atoms with Crippen LogP contribution >= 0.6 is 7.60 Å². The molecule has 0 fully saturated rings. The summed E-state index contributed by atoms with van der Waals surface area (Å²) in [6, 6.07) is 5.26. The molecule has 20 heavy (non-hydrogen) atoms. The van der Waals surface area contributed by atoms with Crippen LogP contribution in [0.25, 0.3) is 11.0 Å². The highest BCUT2D eigenvalue weighted by atomic mass is 31.2. The molecule has 0 aliphatic heterocycles. The van der Waals surface area contributed by atoms with Crippen molar-refractivity contribution in [1.82, 2.24) is 9.97 Å². The predicted octanol–water partition coefficient (Wildman–Crippen LogP) is 0.717. The molecule has 0 bridgehead atoms. The van der Waals surface area contributed by atoms with Gasteiger partial charge in [-0.15, -0.1) is 0 Å². The summed E-state index contributed by atoms with van der Waals surface area (Å²) in [5.74, 6) is 0. The number of para-hydroxylation sites is 1. The molecular weight excluding hydrogens is 283 g/mol. The summed E-state index contributed by atoms with van der Waals surface area (Å²) in [5, 5.41) is 0. The molecular formula is C12H15N2O5P. The molecule has 2 aromatic rings. The number of hydrogen-bond donors (Lipinski definition) is 4. The van der Waals surface area contributed by atoms with E-state index in [0.717, 1.165) is 5.56 Å². The van der Waals surface area contributed by atoms with Crippen LogP contribution in [0, 0.1) is 0 Å². The van der Waals surface area contributed by atoms with Gasteiger partial charge in [0.05, 0.1) is 11.0 Å². The van der Waals surface area contributed by atoms with Gasteiger partial charge in [-0.25, -0.2) is 0 Å². The second-order valence-electron chi connectivity index (χ2n) is 4.59. The van der Waals surface area contributed by atoms with E-state index in [9.17, 15) is 14.2 Å². The van der Waals surface area contributed by atoms with Crippen molar-refractivity contribution in [3.63, 3.8) is 0 Å². The number of H-pyrrole nitrogens is 2. The van der Waals surface area contributed by atoms with E-state index in [1.165, 1.54) is 0 Å². The van der Waals surface area contributed by atoms with Crippen LogP contribution in [-0.2, 0) is 11.0 Å². The van der Waals surface area contributed by atoms with Crippen molar-refractivity contribution >= 4 is 18.6 Å². The normalized spacial score (nSPS) is 11.9. The largest absolute Gasteiger partial charge is 0.325 e. The number of rotatable bonds is 5. The van der Waals surface area contributed by atoms with E-state index in [0.29, 0.717) is 30.3 Å². The molecule has 7 nitrogen and oxygen atoms in total. The van der Waals surface area contributed by atoms with Gasteiger partial charge in [-0.05, 0) is 30.9 Å². The lowest BCUT2D eigenvalue weighted by Gasteiger charge is -2.06. The number of aromatic amines is 2. The van der Waals surface area contributed by atoms with Crippen LogP contribution in [0.5, 0.6) is 0 Å². The monoisotopic (exact) mass is 298 g/mol. The van der Waals surface area contributed by atoms with Crippen LogP contribution in [0.3, 0.4) is 0 Å². The summed E-state index contributed by atoms with van der Waals surface area (Å²) >= 11 is 0. The number of nitrogens with one attached hydrogen (secondary N) is 2. The van der Waals surface area contributed by atoms with Crippen molar-refractivity contribution in [2.45, 2.75) is 19.3 Å². The average Bonchev–Trinajstić information content (AvgIpc) is 2.35. The smallest absolute Gasteiger partial charge is 0.324 e. The van der Waals surface area contributed by atoms with Gasteiger partial charge in [0.1, 0.15) is 0 Å². The van der Waals surface area contributed by atoms with E-state index in [4.69, 9.17) is 9.79 Å². The van der Waals surface area contributed by atoms with Crippen molar-refractivity contribution < 1.29 is 14.4 Å². The molecule has 0 radical (unpaired) electrons. The first-order valence-electron chi connectivity index (χ1n) is 6.15. The van der Waals surface area contributed by atoms with Crippen molar-refractivity contribution in [2.24, 2.45) is 0 Å². The summed E-state index contributed by atoms with van der Waals surface area (Å²) in [6.45, 7) is 0. The van der Waals surface area contributed by atoms with Gasteiger partial charge < -0.3 is 19.8 Å². The highest BCUT2D eigenvalue weighted by molar-refractivity contribution is 7.51. The fourth-order valence-corrected chi connectivity index (χ4v) is 2.68. The molecule has 2 rings (SSSR count). The molecule has 4 N–H and O–H groups in total. The van der Waals surface area contributed by atoms with Gasteiger partial charge in [0.25, 0.3) is 0 Å². The van der Waals surface area contributed by atoms with Gasteiger partial charge >= 0.3 is 18.7 Å². The Balaban J connectivity index is 2.18. The van der Waals surface area contributed by atoms with Crippen LogP contribution in [-0.4, -0.2) is 25.9 Å². The zero-order chi connectivity index (χ0) is 14.8. The molecule has 0 saturated heterocycles. The predicted molar refractivity (Wildman–Crippen MR) is 75.0 cm³/mol. The third kappa shape index (κ3) is 3.66. The third-order valence-corrected chi connectivity index (χ3v) is 3.89. The zero-order valence-corrected chi connectivity index (χ0v) is 11.5. The maximum absolute atomic E-state index is 11.3. The molecule has 1 aromatic heterocycles. The second kappa shape index (κ2) is 5.75. The number of fused-ring (bicyclic) bond motifs is 1. The lowest BCUT2D eigenvalue weighted by Crippen LogP contribution is -2.29. The van der Waals surface area contributed by atoms with Gasteiger partial charge in [0.15, 0.2) is 0 Å². The van der Waals surface area contributed by atoms with Gasteiger partial charge in [-0.2, -0.15) is 0 Å². The summed E-state index contributed by atoms with van der Waals surface area (Å²) in [6.07, 6.45) is 1.41. The topological polar surface area (TPSA) is 123 Å². The maximum atomic E-state index is 11.3. The Bertz CT molecular complexity index is 773. The fraction of sp³-hybridized carbons (Fsp3) is 0.333. The zero-order valence-electron chi connectivity index (χ0n) is 10.6. The van der Waals surface area contributed by atoms with Crippen molar-refractivity contribution in [3.8, 4) is 0 Å². The van der Waals surface area contributed by atoms with Crippen LogP contribution in [0.4, 0.5) is 0 Å². The Morgan fingerprint density at radius 3 is 2.45 bits per heavy atom. The average molecular weight is 298 g/mol. The van der Waals surface area contributed by atoms with Gasteiger partial charge in [0.2, 0.25) is 0 Å². The van der Waals surface area contributed by atoms with Crippen molar-refractivity contribution in [1.29, 1.82) is 0 Å². The van der Waals surface area contributed by atoms with Crippen LogP contribution < -0.4 is 11.1 Å². The Labute approximate surface area is 113 Å². The summed E-state index contributed by atoms with van der Waals surface area (Å²) in [7, 11) is -3.95. The number of unbranched alkanes of at least 4 members (excludes halogenated alkanes) is 1. The minimum Gasteiger partial charge on any atom is -0.324 e. The first-order chi connectivity index (χ1) is 9.37. The van der Waals surface area contributed by atoms with E-state index in [-0.39, 0.29) is 6.16 Å². The molecule has 1 heterocycles. The molecule has 0 unspecified atom stereocenters. The van der Waals surface area contributed by atoms with Crippen LogP contribution in [0.2, 0.25) is 0 Å². The number of hydrogen-bond acceptors (Lipinski definition) is 3. The lowest BCUT2D eigenvalue weighted by molar-refractivity contribution is 0.371. The standard InChI is InChI=1S/C12H15N2O5P/c15-11-12(16)14-10-8(5-3-6-9(10)13-11)4-1-2-7-20(17,18)19/h3,5-6H,1-2,4,7H2,(H,13,15)(H,14,16)(H2,17,18,19). The van der Waals surface area contributed by atoms with Crippen LogP contribution in [0.1, 0.15) is 18.4 Å². The Kier molecular flexibility index (Phi) is 4.23. The van der Waals surface area contributed by atoms with Crippen LogP contribution in [0.15, 0.2) is 27.8 Å². The summed E-state index contributed by atoms with van der Waals surface area (Å²) < 4.78 is 10.7. The first-order valence-corrected chi connectivity index (χ1v) is 7.95. The molecule has 0 saturated carbocycles. The van der Waals surface area contributed by atoms with Gasteiger partial charge in [-0.3, -0.25) is 14.2 Å². The Morgan fingerprint density at radius 2 is 1.75 bits per heavy atom. The molecule has 0 spiro atoms. The molecule has 0 atom stereocenters. The molecule has 1 aromatic carbocycles. The molecule has 0 aliphatic rings. The van der Waals surface area contributed by atoms with Gasteiger partial charge in [-0.1, -0.05) is 12.1 Å². The number of aryl methyl sites for hydroxylation is 1. The first kappa shape index (κ1) is 14.7. The van der Waals surface area contributed by atoms with E-state index < -0.39 is 18.7 Å². The minimum atomic E-state index is -3.95. The number of benzene rings is 1. The second-order valence-corrected chi connectivity index (χ2v) is 6.37. The highest BCUT2D eigenvalue weighted by Gasteiger charge is 2.12. The summed E-state index contributed by atoms with van der Waals surface area (Å²) in [5.41, 5.74) is 0.535. The SMILES string of the molecule is O=c1[nH]c2cccc(CCCCP(=O)(O)O)c2[nH]c1=O. The maximum Gasteiger partial charge on any atom is 0.325 e. The molecule has 0 aliphatic carbocycles. The van der Waals surface area contributed by atoms with Crippen molar-refractivity contribution in [2.75, 3.05) is 6.16 Å². The number of aromatic nitrogens is 2. The Hall–Kier alpha value is -1.69. The van der Waals surface area contributed by atoms with E-state index in [2.05, 4.69) is 9.97 Å². The quantitative estimate of drug-likeness (QED) is 0.368. The van der Waals surface area contributed by atoms with Crippen molar-refractivity contribution in [3.05, 3.63) is 44.5 Å². The lowest BCUT2D eigenvalue weighted by atomic mass is 10.1. The van der Waals surface area contributed by atoms with Gasteiger partial charge in [0, 0.05) is 6.16 Å². The highest BCUT2D eigenvalue weighted by Crippen LogP contribution is 2.35. The molecule has 8 heteroatoms. The van der Waals surface area contributed by atoms with E-state index in [1.807, 2.05) is 6.07 Å². The van der Waals surface area contributed by atoms with E-state index >= 15 is 0 Å². The molecule has 108 valence electrons.